The van der Waals surface area contributed by atoms with Gasteiger partial charge in [-0.25, -0.2) is 4.79 Å². The number of alkyl carbamates (subject to hydrolysis) is 1. The minimum Gasteiger partial charge on any atom is -0.481 e. The van der Waals surface area contributed by atoms with E-state index < -0.39 is 23.7 Å². The fourth-order valence-corrected chi connectivity index (χ4v) is 2.11. The molecule has 0 aliphatic heterocycles. The molecule has 1 aromatic rings. The molecular weight excluding hydrogens is 254 g/mol. The first-order valence-electron chi connectivity index (χ1n) is 5.52. The molecule has 1 unspecified atom stereocenters. The molecule has 1 amide bonds. The average Bonchev–Trinajstić information content (AvgIpc) is 2.64. The molecule has 100 valence electrons. The lowest BCUT2D eigenvalue weighted by molar-refractivity contribution is -0.137. The fourth-order valence-electron chi connectivity index (χ4n) is 1.34. The standard InChI is InChI=1S/C12H17NO4S/c1-12(2,3)17-11(16)13-8(7-10(14)15)9-5-4-6-18-9/h4-6,8H,7H2,1-3H3,(H,13,16)(H,14,15). The van der Waals surface area contributed by atoms with Gasteiger partial charge in [0.25, 0.3) is 0 Å². The minimum absolute atomic E-state index is 0.167. The van der Waals surface area contributed by atoms with Gasteiger partial charge in [-0.2, -0.15) is 0 Å². The van der Waals surface area contributed by atoms with Crippen LogP contribution < -0.4 is 5.32 Å². The Hall–Kier alpha value is -1.56. The first-order valence-corrected chi connectivity index (χ1v) is 6.40. The second kappa shape index (κ2) is 5.86. The van der Waals surface area contributed by atoms with Gasteiger partial charge >= 0.3 is 12.1 Å². The lowest BCUT2D eigenvalue weighted by atomic mass is 10.1. The number of amides is 1. The summed E-state index contributed by atoms with van der Waals surface area (Å²) in [7, 11) is 0. The van der Waals surface area contributed by atoms with Crippen molar-refractivity contribution in [3.05, 3.63) is 22.4 Å². The molecule has 18 heavy (non-hydrogen) atoms. The van der Waals surface area contributed by atoms with Crippen molar-refractivity contribution in [3.63, 3.8) is 0 Å². The van der Waals surface area contributed by atoms with Crippen molar-refractivity contribution >= 4 is 23.4 Å². The normalized spacial score (nSPS) is 12.8. The van der Waals surface area contributed by atoms with Gasteiger partial charge in [-0.15, -0.1) is 11.3 Å². The Morgan fingerprint density at radius 1 is 1.50 bits per heavy atom. The van der Waals surface area contributed by atoms with E-state index in [0.29, 0.717) is 0 Å². The topological polar surface area (TPSA) is 75.6 Å². The SMILES string of the molecule is CC(C)(C)OC(=O)NC(CC(=O)O)c1cccs1. The zero-order chi connectivity index (χ0) is 13.8. The van der Waals surface area contributed by atoms with Gasteiger partial charge < -0.3 is 15.2 Å². The highest BCUT2D eigenvalue weighted by molar-refractivity contribution is 7.10. The van der Waals surface area contributed by atoms with Gasteiger partial charge in [0.1, 0.15) is 5.60 Å². The summed E-state index contributed by atoms with van der Waals surface area (Å²) in [5.74, 6) is -0.968. The van der Waals surface area contributed by atoms with Crippen molar-refractivity contribution in [2.45, 2.75) is 38.8 Å². The lowest BCUT2D eigenvalue weighted by Crippen LogP contribution is -2.35. The van der Waals surface area contributed by atoms with E-state index in [0.717, 1.165) is 4.88 Å². The van der Waals surface area contributed by atoms with E-state index in [-0.39, 0.29) is 6.42 Å². The summed E-state index contributed by atoms with van der Waals surface area (Å²) in [5.41, 5.74) is -0.604. The van der Waals surface area contributed by atoms with Crippen LogP contribution in [0.25, 0.3) is 0 Å². The van der Waals surface area contributed by atoms with Crippen LogP contribution in [0.4, 0.5) is 4.79 Å². The number of rotatable bonds is 4. The number of nitrogens with one attached hydrogen (secondary N) is 1. The highest BCUT2D eigenvalue weighted by Crippen LogP contribution is 2.22. The van der Waals surface area contributed by atoms with Crippen LogP contribution in [0, 0.1) is 0 Å². The summed E-state index contributed by atoms with van der Waals surface area (Å²) in [4.78, 5) is 23.2. The third-order valence-electron chi connectivity index (χ3n) is 1.96. The van der Waals surface area contributed by atoms with Crippen LogP contribution in [0.2, 0.25) is 0 Å². The van der Waals surface area contributed by atoms with E-state index in [4.69, 9.17) is 9.84 Å². The number of aliphatic carboxylic acids is 1. The molecule has 1 aromatic heterocycles. The molecular formula is C12H17NO4S. The Morgan fingerprint density at radius 3 is 2.61 bits per heavy atom. The number of carbonyl (C=O) groups is 2. The van der Waals surface area contributed by atoms with Crippen molar-refractivity contribution in [1.82, 2.24) is 5.32 Å². The molecule has 0 saturated heterocycles. The largest absolute Gasteiger partial charge is 0.481 e. The van der Waals surface area contributed by atoms with Crippen LogP contribution in [0.15, 0.2) is 17.5 Å². The summed E-state index contributed by atoms with van der Waals surface area (Å²) in [5, 5.41) is 13.3. The lowest BCUT2D eigenvalue weighted by Gasteiger charge is -2.22. The van der Waals surface area contributed by atoms with Crippen LogP contribution in [-0.2, 0) is 9.53 Å². The average molecular weight is 271 g/mol. The summed E-state index contributed by atoms with van der Waals surface area (Å²) in [6.07, 6.45) is -0.776. The molecule has 0 saturated carbocycles. The molecule has 0 spiro atoms. The number of hydrogen-bond donors (Lipinski definition) is 2. The van der Waals surface area contributed by atoms with E-state index in [1.807, 2.05) is 11.4 Å². The van der Waals surface area contributed by atoms with Crippen LogP contribution in [-0.4, -0.2) is 22.8 Å². The number of carbonyl (C=O) groups excluding carboxylic acids is 1. The monoisotopic (exact) mass is 271 g/mol. The number of ether oxygens (including phenoxy) is 1. The van der Waals surface area contributed by atoms with Gasteiger partial charge in [-0.05, 0) is 32.2 Å². The van der Waals surface area contributed by atoms with Gasteiger partial charge in [0.2, 0.25) is 0 Å². The molecule has 1 heterocycles. The van der Waals surface area contributed by atoms with E-state index in [1.165, 1.54) is 11.3 Å². The second-order valence-corrected chi connectivity index (χ2v) is 5.79. The molecule has 0 aliphatic rings. The Kier molecular flexibility index (Phi) is 4.72. The summed E-state index contributed by atoms with van der Waals surface area (Å²) in [6, 6.07) is 3.04. The first-order chi connectivity index (χ1) is 8.28. The predicted molar refractivity (Wildman–Crippen MR) is 68.7 cm³/mol. The second-order valence-electron chi connectivity index (χ2n) is 4.81. The summed E-state index contributed by atoms with van der Waals surface area (Å²) >= 11 is 1.40. The van der Waals surface area contributed by atoms with E-state index in [2.05, 4.69) is 5.32 Å². The Labute approximate surface area is 110 Å². The van der Waals surface area contributed by atoms with Gasteiger partial charge in [0.05, 0.1) is 12.5 Å². The van der Waals surface area contributed by atoms with E-state index >= 15 is 0 Å². The molecule has 2 N–H and O–H groups in total. The van der Waals surface area contributed by atoms with Crippen molar-refractivity contribution in [1.29, 1.82) is 0 Å². The molecule has 0 bridgehead atoms. The maximum atomic E-state index is 11.6. The third-order valence-corrected chi connectivity index (χ3v) is 2.94. The molecule has 6 heteroatoms. The van der Waals surface area contributed by atoms with Crippen molar-refractivity contribution in [3.8, 4) is 0 Å². The number of carboxylic acids is 1. The Balaban J connectivity index is 2.68. The maximum absolute atomic E-state index is 11.6. The smallest absolute Gasteiger partial charge is 0.408 e. The zero-order valence-corrected chi connectivity index (χ0v) is 11.4. The number of hydrogen-bond acceptors (Lipinski definition) is 4. The number of thiophene rings is 1. The van der Waals surface area contributed by atoms with Gasteiger partial charge in [-0.1, -0.05) is 6.07 Å². The van der Waals surface area contributed by atoms with Crippen molar-refractivity contribution in [2.75, 3.05) is 0 Å². The Bertz CT molecular complexity index is 408. The molecule has 5 nitrogen and oxygen atoms in total. The number of carboxylic acid groups (broad SMARTS) is 1. The van der Waals surface area contributed by atoms with Crippen LogP contribution in [0.1, 0.15) is 38.1 Å². The third kappa shape index (κ3) is 5.18. The Morgan fingerprint density at radius 2 is 2.17 bits per heavy atom. The van der Waals surface area contributed by atoms with Gasteiger partial charge in [-0.3, -0.25) is 4.79 Å². The van der Waals surface area contributed by atoms with Gasteiger partial charge in [0, 0.05) is 4.88 Å². The van der Waals surface area contributed by atoms with Crippen LogP contribution >= 0.6 is 11.3 Å². The minimum atomic E-state index is -0.968. The highest BCUT2D eigenvalue weighted by Gasteiger charge is 2.22. The molecule has 1 rings (SSSR count). The first kappa shape index (κ1) is 14.5. The fraction of sp³-hybridized carbons (Fsp3) is 0.500. The summed E-state index contributed by atoms with van der Waals surface area (Å²) < 4.78 is 5.11. The predicted octanol–water partition coefficient (Wildman–Crippen LogP) is 2.79. The van der Waals surface area contributed by atoms with E-state index in [1.54, 1.807) is 26.8 Å². The van der Waals surface area contributed by atoms with Crippen LogP contribution in [0.5, 0.6) is 0 Å². The quantitative estimate of drug-likeness (QED) is 0.883. The summed E-state index contributed by atoms with van der Waals surface area (Å²) in [6.45, 7) is 5.26. The van der Waals surface area contributed by atoms with E-state index in [9.17, 15) is 9.59 Å². The molecule has 0 aromatic carbocycles. The molecule has 0 aliphatic carbocycles. The molecule has 0 fully saturated rings. The zero-order valence-electron chi connectivity index (χ0n) is 10.6. The van der Waals surface area contributed by atoms with Gasteiger partial charge in [0.15, 0.2) is 0 Å². The molecule has 1 atom stereocenters. The highest BCUT2D eigenvalue weighted by atomic mass is 32.1. The van der Waals surface area contributed by atoms with Crippen molar-refractivity contribution < 1.29 is 19.4 Å². The molecule has 0 radical (unpaired) electrons. The van der Waals surface area contributed by atoms with Crippen molar-refractivity contribution in [2.24, 2.45) is 0 Å². The van der Waals surface area contributed by atoms with Crippen LogP contribution in [0.3, 0.4) is 0 Å². The maximum Gasteiger partial charge on any atom is 0.408 e.